The SMILES string of the molecule is CN(C)C1CCN(CC(N)(C(N)=O)c2ccccc2)CC1. The van der Waals surface area contributed by atoms with Crippen LogP contribution in [0.5, 0.6) is 0 Å². The highest BCUT2D eigenvalue weighted by atomic mass is 16.1. The lowest BCUT2D eigenvalue weighted by Gasteiger charge is -2.39. The monoisotopic (exact) mass is 290 g/mol. The molecule has 1 aromatic carbocycles. The lowest BCUT2D eigenvalue weighted by atomic mass is 9.88. The van der Waals surface area contributed by atoms with Gasteiger partial charge in [-0.2, -0.15) is 0 Å². The van der Waals surface area contributed by atoms with Crippen LogP contribution in [0.1, 0.15) is 18.4 Å². The van der Waals surface area contributed by atoms with Crippen LogP contribution in [0.15, 0.2) is 30.3 Å². The number of piperidine rings is 1. The molecular formula is C16H26N4O. The molecule has 1 amide bonds. The molecule has 1 saturated heterocycles. The molecule has 1 aromatic rings. The van der Waals surface area contributed by atoms with E-state index >= 15 is 0 Å². The minimum absolute atomic E-state index is 0.469. The topological polar surface area (TPSA) is 75.6 Å². The largest absolute Gasteiger partial charge is 0.368 e. The van der Waals surface area contributed by atoms with Crippen molar-refractivity contribution in [2.45, 2.75) is 24.4 Å². The first kappa shape index (κ1) is 15.9. The highest BCUT2D eigenvalue weighted by Gasteiger charge is 2.37. The Morgan fingerprint density at radius 1 is 1.29 bits per heavy atom. The molecule has 1 heterocycles. The van der Waals surface area contributed by atoms with Gasteiger partial charge in [0.2, 0.25) is 5.91 Å². The van der Waals surface area contributed by atoms with Crippen molar-refractivity contribution in [3.8, 4) is 0 Å². The van der Waals surface area contributed by atoms with E-state index in [0.29, 0.717) is 12.6 Å². The number of hydrogen-bond donors (Lipinski definition) is 2. The second kappa shape index (κ2) is 6.56. The molecule has 1 atom stereocenters. The predicted molar refractivity (Wildman–Crippen MR) is 84.7 cm³/mol. The summed E-state index contributed by atoms with van der Waals surface area (Å²) in [7, 11) is 4.22. The number of likely N-dealkylation sites (tertiary alicyclic amines) is 1. The molecule has 0 aliphatic carbocycles. The summed E-state index contributed by atoms with van der Waals surface area (Å²) in [6.45, 7) is 2.37. The summed E-state index contributed by atoms with van der Waals surface area (Å²) in [6.07, 6.45) is 2.19. The molecule has 1 aliphatic rings. The van der Waals surface area contributed by atoms with Gasteiger partial charge in [0, 0.05) is 12.6 Å². The van der Waals surface area contributed by atoms with E-state index in [9.17, 15) is 4.79 Å². The van der Waals surface area contributed by atoms with E-state index in [0.717, 1.165) is 31.5 Å². The molecule has 116 valence electrons. The minimum Gasteiger partial charge on any atom is -0.368 e. The summed E-state index contributed by atoms with van der Waals surface area (Å²) in [5.74, 6) is -0.469. The summed E-state index contributed by atoms with van der Waals surface area (Å²) in [5, 5.41) is 0. The minimum atomic E-state index is -1.12. The van der Waals surface area contributed by atoms with Crippen LogP contribution in [-0.2, 0) is 10.3 Å². The van der Waals surface area contributed by atoms with Gasteiger partial charge in [0.1, 0.15) is 5.54 Å². The summed E-state index contributed by atoms with van der Waals surface area (Å²) < 4.78 is 0. The normalized spacial score (nSPS) is 20.4. The van der Waals surface area contributed by atoms with E-state index < -0.39 is 11.4 Å². The molecule has 5 nitrogen and oxygen atoms in total. The molecule has 5 heteroatoms. The van der Waals surface area contributed by atoms with E-state index in [1.54, 1.807) is 0 Å². The molecule has 2 rings (SSSR count). The Morgan fingerprint density at radius 3 is 2.33 bits per heavy atom. The average Bonchev–Trinajstić information content (AvgIpc) is 2.48. The molecule has 1 fully saturated rings. The number of carbonyl (C=O) groups excluding carboxylic acids is 1. The number of carbonyl (C=O) groups is 1. The number of nitrogens with zero attached hydrogens (tertiary/aromatic N) is 2. The van der Waals surface area contributed by atoms with E-state index in [1.807, 2.05) is 30.3 Å². The van der Waals surface area contributed by atoms with Gasteiger partial charge in [-0.3, -0.25) is 4.79 Å². The zero-order chi connectivity index (χ0) is 15.5. The third-order valence-electron chi connectivity index (χ3n) is 4.49. The Balaban J connectivity index is 2.07. The fraction of sp³-hybridized carbons (Fsp3) is 0.562. The number of benzene rings is 1. The molecule has 1 aliphatic heterocycles. The Kier molecular flexibility index (Phi) is 4.98. The molecule has 4 N–H and O–H groups in total. The van der Waals surface area contributed by atoms with Crippen LogP contribution in [0.4, 0.5) is 0 Å². The van der Waals surface area contributed by atoms with Crippen molar-refractivity contribution in [3.05, 3.63) is 35.9 Å². The maximum atomic E-state index is 11.9. The standard InChI is InChI=1S/C16H26N4O/c1-19(2)14-8-10-20(11-9-14)12-16(18,15(17)21)13-6-4-3-5-7-13/h3-7,14H,8-12,18H2,1-2H3,(H2,17,21). The van der Waals surface area contributed by atoms with Crippen LogP contribution in [0, 0.1) is 0 Å². The number of hydrogen-bond acceptors (Lipinski definition) is 4. The van der Waals surface area contributed by atoms with Crippen LogP contribution in [0.25, 0.3) is 0 Å². The van der Waals surface area contributed by atoms with Crippen molar-refractivity contribution in [2.75, 3.05) is 33.7 Å². The van der Waals surface area contributed by atoms with Crippen LogP contribution < -0.4 is 11.5 Å². The summed E-state index contributed by atoms with van der Waals surface area (Å²) in [4.78, 5) is 16.4. The van der Waals surface area contributed by atoms with Crippen LogP contribution in [0.2, 0.25) is 0 Å². The Hall–Kier alpha value is -1.43. The van der Waals surface area contributed by atoms with Crippen LogP contribution in [-0.4, -0.2) is 55.5 Å². The average molecular weight is 290 g/mol. The van der Waals surface area contributed by atoms with Gasteiger partial charge in [-0.25, -0.2) is 0 Å². The van der Waals surface area contributed by atoms with E-state index in [1.165, 1.54) is 0 Å². The summed E-state index contributed by atoms with van der Waals surface area (Å²) in [6, 6.07) is 10.0. The first-order valence-electron chi connectivity index (χ1n) is 7.46. The van der Waals surface area contributed by atoms with Gasteiger partial charge < -0.3 is 21.3 Å². The van der Waals surface area contributed by atoms with Crippen LogP contribution >= 0.6 is 0 Å². The van der Waals surface area contributed by atoms with Gasteiger partial charge in [-0.15, -0.1) is 0 Å². The quantitative estimate of drug-likeness (QED) is 0.820. The van der Waals surface area contributed by atoms with Gasteiger partial charge in [-0.1, -0.05) is 30.3 Å². The molecule has 0 saturated carbocycles. The predicted octanol–water partition coefficient (Wildman–Crippen LogP) is 0.352. The summed E-state index contributed by atoms with van der Waals surface area (Å²) >= 11 is 0. The van der Waals surface area contributed by atoms with E-state index in [-0.39, 0.29) is 0 Å². The van der Waals surface area contributed by atoms with Gasteiger partial charge >= 0.3 is 0 Å². The van der Waals surface area contributed by atoms with Gasteiger partial charge in [0.15, 0.2) is 0 Å². The maximum absolute atomic E-state index is 11.9. The molecule has 21 heavy (non-hydrogen) atoms. The molecule has 0 aromatic heterocycles. The number of primary amides is 1. The van der Waals surface area contributed by atoms with Crippen molar-refractivity contribution >= 4 is 5.91 Å². The Labute approximate surface area is 126 Å². The first-order chi connectivity index (χ1) is 9.93. The highest BCUT2D eigenvalue weighted by molar-refractivity contribution is 5.86. The Morgan fingerprint density at radius 2 is 1.86 bits per heavy atom. The second-order valence-corrected chi connectivity index (χ2v) is 6.17. The third-order valence-corrected chi connectivity index (χ3v) is 4.49. The van der Waals surface area contributed by atoms with Crippen molar-refractivity contribution in [2.24, 2.45) is 11.5 Å². The van der Waals surface area contributed by atoms with Gasteiger partial charge in [-0.05, 0) is 45.6 Å². The zero-order valence-corrected chi connectivity index (χ0v) is 13.0. The first-order valence-corrected chi connectivity index (χ1v) is 7.46. The number of amides is 1. The fourth-order valence-electron chi connectivity index (χ4n) is 2.99. The van der Waals surface area contributed by atoms with Crippen molar-refractivity contribution < 1.29 is 4.79 Å². The highest BCUT2D eigenvalue weighted by Crippen LogP contribution is 2.22. The number of nitrogens with two attached hydrogens (primary N) is 2. The van der Waals surface area contributed by atoms with Crippen LogP contribution in [0.3, 0.4) is 0 Å². The van der Waals surface area contributed by atoms with Gasteiger partial charge in [0.05, 0.1) is 0 Å². The smallest absolute Gasteiger partial charge is 0.243 e. The second-order valence-electron chi connectivity index (χ2n) is 6.17. The van der Waals surface area contributed by atoms with E-state index in [4.69, 9.17) is 11.5 Å². The lowest BCUT2D eigenvalue weighted by molar-refractivity contribution is -0.124. The molecule has 1 unspecified atom stereocenters. The third kappa shape index (κ3) is 3.61. The lowest BCUT2D eigenvalue weighted by Crippen LogP contribution is -2.58. The Bertz CT molecular complexity index is 468. The van der Waals surface area contributed by atoms with Crippen molar-refractivity contribution in [1.82, 2.24) is 9.80 Å². The maximum Gasteiger partial charge on any atom is 0.243 e. The number of rotatable bonds is 5. The molecule has 0 radical (unpaired) electrons. The summed E-state index contributed by atoms with van der Waals surface area (Å²) in [5.41, 5.74) is 11.6. The van der Waals surface area contributed by atoms with E-state index in [2.05, 4.69) is 23.9 Å². The molecular weight excluding hydrogens is 264 g/mol. The van der Waals surface area contributed by atoms with Crippen molar-refractivity contribution in [3.63, 3.8) is 0 Å². The van der Waals surface area contributed by atoms with Crippen molar-refractivity contribution in [1.29, 1.82) is 0 Å². The molecule has 0 bridgehead atoms. The van der Waals surface area contributed by atoms with Gasteiger partial charge in [0.25, 0.3) is 0 Å². The fourth-order valence-corrected chi connectivity index (χ4v) is 2.99. The zero-order valence-electron chi connectivity index (χ0n) is 13.0. The molecule has 0 spiro atoms.